The highest BCUT2D eigenvalue weighted by atomic mass is 35.5. The fraction of sp³-hybridized carbons (Fsp3) is 0.500. The molecule has 0 atom stereocenters. The SMILES string of the molecule is CCOC(=O)CC(N)=Nc1sc2c(c1C#N)CCCC2.Cl. The van der Waals surface area contributed by atoms with Gasteiger partial charge < -0.3 is 10.5 Å². The van der Waals surface area contributed by atoms with Crippen molar-refractivity contribution in [1.82, 2.24) is 0 Å². The van der Waals surface area contributed by atoms with Crippen LogP contribution in [0, 0.1) is 11.3 Å². The van der Waals surface area contributed by atoms with E-state index in [0.717, 1.165) is 31.2 Å². The van der Waals surface area contributed by atoms with Crippen molar-refractivity contribution in [3.8, 4) is 6.07 Å². The second-order valence-corrected chi connectivity index (χ2v) is 5.67. The predicted molar refractivity (Wildman–Crippen MR) is 85.5 cm³/mol. The van der Waals surface area contributed by atoms with Crippen LogP contribution in [0.3, 0.4) is 0 Å². The molecule has 1 aromatic rings. The maximum absolute atomic E-state index is 11.3. The van der Waals surface area contributed by atoms with E-state index in [1.54, 1.807) is 6.92 Å². The van der Waals surface area contributed by atoms with Gasteiger partial charge in [0.1, 0.15) is 23.3 Å². The molecule has 5 nitrogen and oxygen atoms in total. The number of hydrogen-bond acceptors (Lipinski definition) is 5. The van der Waals surface area contributed by atoms with E-state index < -0.39 is 5.97 Å². The molecule has 0 amide bonds. The number of nitriles is 1. The van der Waals surface area contributed by atoms with Crippen LogP contribution in [0.5, 0.6) is 0 Å². The molecule has 0 saturated carbocycles. The number of esters is 1. The molecule has 2 rings (SSSR count). The van der Waals surface area contributed by atoms with Gasteiger partial charge in [0.25, 0.3) is 0 Å². The first-order valence-corrected chi connectivity index (χ1v) is 7.50. The average molecular weight is 328 g/mol. The Morgan fingerprint density at radius 1 is 1.48 bits per heavy atom. The third-order valence-corrected chi connectivity index (χ3v) is 4.33. The van der Waals surface area contributed by atoms with Crippen LogP contribution in [0.25, 0.3) is 0 Å². The van der Waals surface area contributed by atoms with Crippen LogP contribution in [0.4, 0.5) is 5.00 Å². The standard InChI is InChI=1S/C14H17N3O2S.ClH/c1-2-19-13(18)7-12(16)17-14-10(8-15)9-5-3-4-6-11(9)20-14;/h2-7H2,1H3,(H2,16,17);1H. The molecule has 7 heteroatoms. The zero-order valence-corrected chi connectivity index (χ0v) is 13.5. The summed E-state index contributed by atoms with van der Waals surface area (Å²) in [6, 6.07) is 2.22. The van der Waals surface area contributed by atoms with Gasteiger partial charge in [-0.2, -0.15) is 5.26 Å². The van der Waals surface area contributed by atoms with Crippen LogP contribution < -0.4 is 5.73 Å². The second kappa shape index (κ2) is 8.01. The van der Waals surface area contributed by atoms with E-state index in [4.69, 9.17) is 10.5 Å². The monoisotopic (exact) mass is 327 g/mol. The minimum Gasteiger partial charge on any atom is -0.466 e. The van der Waals surface area contributed by atoms with E-state index in [2.05, 4.69) is 11.1 Å². The summed E-state index contributed by atoms with van der Waals surface area (Å²) in [5.41, 5.74) is 7.50. The Kier molecular flexibility index (Phi) is 6.66. The van der Waals surface area contributed by atoms with Gasteiger partial charge >= 0.3 is 5.97 Å². The van der Waals surface area contributed by atoms with Crippen LogP contribution in [-0.4, -0.2) is 18.4 Å². The molecule has 2 N–H and O–H groups in total. The number of nitrogens with zero attached hydrogens (tertiary/aromatic N) is 2. The van der Waals surface area contributed by atoms with E-state index in [1.807, 2.05) is 0 Å². The molecule has 1 heterocycles. The van der Waals surface area contributed by atoms with Crippen molar-refractivity contribution in [2.24, 2.45) is 10.7 Å². The zero-order chi connectivity index (χ0) is 14.5. The molecular weight excluding hydrogens is 310 g/mol. The van der Waals surface area contributed by atoms with Gasteiger partial charge in [-0.15, -0.1) is 23.7 Å². The highest BCUT2D eigenvalue weighted by Crippen LogP contribution is 2.39. The summed E-state index contributed by atoms with van der Waals surface area (Å²) in [6.45, 7) is 2.06. The quantitative estimate of drug-likeness (QED) is 0.523. The Morgan fingerprint density at radius 3 is 2.86 bits per heavy atom. The normalized spacial score (nSPS) is 13.8. The van der Waals surface area contributed by atoms with E-state index in [-0.39, 0.29) is 24.7 Å². The van der Waals surface area contributed by atoms with E-state index >= 15 is 0 Å². The fourth-order valence-electron chi connectivity index (χ4n) is 2.28. The zero-order valence-electron chi connectivity index (χ0n) is 11.8. The molecule has 1 aliphatic rings. The highest BCUT2D eigenvalue weighted by Gasteiger charge is 2.20. The summed E-state index contributed by atoms with van der Waals surface area (Å²) in [5, 5.41) is 9.92. The van der Waals surface area contributed by atoms with Crippen molar-refractivity contribution in [1.29, 1.82) is 5.26 Å². The van der Waals surface area contributed by atoms with E-state index in [9.17, 15) is 10.1 Å². The summed E-state index contributed by atoms with van der Waals surface area (Å²) in [4.78, 5) is 16.8. The molecular formula is C14H18ClN3O2S. The van der Waals surface area contributed by atoms with Gasteiger partial charge in [-0.3, -0.25) is 4.79 Å². The number of ether oxygens (including phenoxy) is 1. The molecule has 0 spiro atoms. The maximum Gasteiger partial charge on any atom is 0.313 e. The van der Waals surface area contributed by atoms with Gasteiger partial charge in [0.05, 0.1) is 12.2 Å². The highest BCUT2D eigenvalue weighted by molar-refractivity contribution is 7.16. The van der Waals surface area contributed by atoms with Crippen LogP contribution in [-0.2, 0) is 22.4 Å². The molecule has 114 valence electrons. The number of rotatable bonds is 4. The van der Waals surface area contributed by atoms with E-state index in [0.29, 0.717) is 17.2 Å². The summed E-state index contributed by atoms with van der Waals surface area (Å²) in [5.74, 6) is -0.202. The third kappa shape index (κ3) is 4.19. The predicted octanol–water partition coefficient (Wildman–Crippen LogP) is 2.86. The van der Waals surface area contributed by atoms with Crippen molar-refractivity contribution < 1.29 is 9.53 Å². The van der Waals surface area contributed by atoms with Crippen LogP contribution in [0.15, 0.2) is 4.99 Å². The number of nitrogens with two attached hydrogens (primary N) is 1. The van der Waals surface area contributed by atoms with Crippen LogP contribution in [0.2, 0.25) is 0 Å². The van der Waals surface area contributed by atoms with Gasteiger partial charge in [0.2, 0.25) is 0 Å². The Balaban J connectivity index is 0.00000220. The maximum atomic E-state index is 11.3. The van der Waals surface area contributed by atoms with Crippen molar-refractivity contribution in [3.63, 3.8) is 0 Å². The first kappa shape index (κ1) is 17.5. The third-order valence-electron chi connectivity index (χ3n) is 3.14. The number of fused-ring (bicyclic) bond motifs is 1. The van der Waals surface area contributed by atoms with Crippen molar-refractivity contribution in [2.45, 2.75) is 39.0 Å². The van der Waals surface area contributed by atoms with E-state index in [1.165, 1.54) is 16.2 Å². The molecule has 0 aliphatic heterocycles. The molecule has 0 saturated heterocycles. The smallest absolute Gasteiger partial charge is 0.313 e. The molecule has 0 bridgehead atoms. The number of amidine groups is 1. The number of halogens is 1. The van der Waals surface area contributed by atoms with Gasteiger partial charge in [0, 0.05) is 4.88 Å². The lowest BCUT2D eigenvalue weighted by molar-refractivity contribution is -0.141. The van der Waals surface area contributed by atoms with Gasteiger partial charge in [0.15, 0.2) is 0 Å². The lowest BCUT2D eigenvalue weighted by Gasteiger charge is -2.09. The van der Waals surface area contributed by atoms with Crippen molar-refractivity contribution >= 4 is 40.5 Å². The summed E-state index contributed by atoms with van der Waals surface area (Å²) in [7, 11) is 0. The summed E-state index contributed by atoms with van der Waals surface area (Å²) < 4.78 is 4.83. The van der Waals surface area contributed by atoms with Gasteiger partial charge in [-0.1, -0.05) is 0 Å². The number of aryl methyl sites for hydroxylation is 1. The number of aliphatic imine (C=N–C) groups is 1. The molecule has 1 aromatic heterocycles. The number of carbonyl (C=O) groups is 1. The number of thiophene rings is 1. The van der Waals surface area contributed by atoms with Gasteiger partial charge in [-0.05, 0) is 38.2 Å². The van der Waals surface area contributed by atoms with Crippen molar-refractivity contribution in [3.05, 3.63) is 16.0 Å². The Labute approximate surface area is 134 Å². The molecule has 0 fully saturated rings. The Hall–Kier alpha value is -1.58. The van der Waals surface area contributed by atoms with Crippen molar-refractivity contribution in [2.75, 3.05) is 6.61 Å². The summed E-state index contributed by atoms with van der Waals surface area (Å²) >= 11 is 1.51. The van der Waals surface area contributed by atoms with Crippen LogP contribution in [0.1, 0.15) is 42.2 Å². The molecule has 0 aromatic carbocycles. The first-order chi connectivity index (χ1) is 9.65. The molecule has 1 aliphatic carbocycles. The molecule has 0 unspecified atom stereocenters. The molecule has 21 heavy (non-hydrogen) atoms. The topological polar surface area (TPSA) is 88.5 Å². The lowest BCUT2D eigenvalue weighted by atomic mass is 9.96. The number of carbonyl (C=O) groups excluding carboxylic acids is 1. The minimum absolute atomic E-state index is 0. The average Bonchev–Trinajstić information content (AvgIpc) is 2.75. The second-order valence-electron chi connectivity index (χ2n) is 4.59. The largest absolute Gasteiger partial charge is 0.466 e. The lowest BCUT2D eigenvalue weighted by Crippen LogP contribution is -2.18. The molecule has 0 radical (unpaired) electrons. The van der Waals surface area contributed by atoms with Crippen LogP contribution >= 0.6 is 23.7 Å². The summed E-state index contributed by atoms with van der Waals surface area (Å²) in [6.07, 6.45) is 4.16. The number of hydrogen-bond donors (Lipinski definition) is 1. The fourth-order valence-corrected chi connectivity index (χ4v) is 3.52. The first-order valence-electron chi connectivity index (χ1n) is 6.69. The van der Waals surface area contributed by atoms with Gasteiger partial charge in [-0.25, -0.2) is 4.99 Å². The minimum atomic E-state index is -0.395. The Bertz CT molecular complexity index is 590. The Morgan fingerprint density at radius 2 is 2.19 bits per heavy atom.